The number of para-hydroxylation sites is 2. The average molecular weight is 594 g/mol. The number of hydrogen-bond donors (Lipinski definition) is 0. The third kappa shape index (κ3) is 3.59. The zero-order chi connectivity index (χ0) is 29.5. The van der Waals surface area contributed by atoms with E-state index in [0.717, 1.165) is 38.9 Å². The minimum atomic E-state index is 0.596. The summed E-state index contributed by atoms with van der Waals surface area (Å²) in [5.74, 6) is 0.649. The van der Waals surface area contributed by atoms with E-state index in [-0.39, 0.29) is 0 Å². The number of fused-ring (bicyclic) bond motifs is 10. The smallest absolute Gasteiger partial charge is 0.231 e. The van der Waals surface area contributed by atoms with Gasteiger partial charge in [-0.25, -0.2) is 4.98 Å². The van der Waals surface area contributed by atoms with Crippen molar-refractivity contribution in [2.45, 2.75) is 0 Å². The first-order valence-electron chi connectivity index (χ1n) is 15.0. The van der Waals surface area contributed by atoms with Gasteiger partial charge in [-0.1, -0.05) is 103 Å². The van der Waals surface area contributed by atoms with Crippen molar-refractivity contribution in [2.24, 2.45) is 0 Å². The molecule has 0 bridgehead atoms. The van der Waals surface area contributed by atoms with Gasteiger partial charge in [-0.3, -0.25) is 0 Å². The summed E-state index contributed by atoms with van der Waals surface area (Å²) < 4.78 is 11.3. The van der Waals surface area contributed by atoms with Crippen LogP contribution >= 0.6 is 11.3 Å². The van der Waals surface area contributed by atoms with Crippen molar-refractivity contribution in [2.75, 3.05) is 0 Å². The van der Waals surface area contributed by atoms with E-state index in [9.17, 15) is 0 Å². The molecule has 0 atom stereocenters. The first-order chi connectivity index (χ1) is 22.3. The third-order valence-electron chi connectivity index (χ3n) is 8.85. The Balaban J connectivity index is 1.20. The zero-order valence-corrected chi connectivity index (χ0v) is 24.8. The molecule has 0 spiro atoms. The maximum absolute atomic E-state index is 6.26. The Hall–Kier alpha value is -5.78. The fourth-order valence-corrected chi connectivity index (χ4v) is 8.09. The minimum Gasteiger partial charge on any atom is -0.438 e. The second-order valence-electron chi connectivity index (χ2n) is 11.4. The molecule has 0 aliphatic rings. The highest BCUT2D eigenvalue weighted by Gasteiger charge is 2.20. The van der Waals surface area contributed by atoms with Crippen LogP contribution in [0.3, 0.4) is 0 Å². The summed E-state index contributed by atoms with van der Waals surface area (Å²) in [6.45, 7) is 0. The van der Waals surface area contributed by atoms with E-state index >= 15 is 0 Å². The van der Waals surface area contributed by atoms with Gasteiger partial charge in [0.2, 0.25) is 5.71 Å². The van der Waals surface area contributed by atoms with Crippen LogP contribution in [0.2, 0.25) is 0 Å². The molecule has 0 saturated heterocycles. The predicted molar refractivity (Wildman–Crippen MR) is 187 cm³/mol. The lowest BCUT2D eigenvalue weighted by Crippen LogP contribution is -1.96. The van der Waals surface area contributed by atoms with E-state index in [1.165, 1.54) is 42.0 Å². The van der Waals surface area contributed by atoms with E-state index in [4.69, 9.17) is 14.4 Å². The lowest BCUT2D eigenvalue weighted by Gasteiger charge is -2.10. The molecular weight excluding hydrogens is 571 g/mol. The SMILES string of the molecule is c1ccc(-c2nc(-c3ccc(-n4c5ccccc5c5c6sc7ccccc7c6ccc54)cc3)c3c(n2)oc2ccccc23)cc1. The molecule has 0 aliphatic heterocycles. The second kappa shape index (κ2) is 9.36. The van der Waals surface area contributed by atoms with Crippen molar-refractivity contribution < 1.29 is 4.42 Å². The van der Waals surface area contributed by atoms with Crippen LogP contribution in [-0.4, -0.2) is 14.5 Å². The van der Waals surface area contributed by atoms with E-state index in [1.54, 1.807) is 0 Å². The fraction of sp³-hybridized carbons (Fsp3) is 0. The molecule has 4 aromatic heterocycles. The quantitative estimate of drug-likeness (QED) is 0.205. The van der Waals surface area contributed by atoms with Crippen LogP contribution in [0, 0.1) is 0 Å². The molecule has 10 aromatic rings. The Morgan fingerprint density at radius 3 is 2.11 bits per heavy atom. The van der Waals surface area contributed by atoms with Gasteiger partial charge < -0.3 is 8.98 Å². The molecular formula is C40H23N3OS. The molecule has 0 amide bonds. The average Bonchev–Trinajstić information content (AvgIpc) is 3.78. The Morgan fingerprint density at radius 1 is 0.511 bits per heavy atom. The van der Waals surface area contributed by atoms with E-state index in [1.807, 2.05) is 59.9 Å². The van der Waals surface area contributed by atoms with Crippen LogP contribution in [0.5, 0.6) is 0 Å². The first kappa shape index (κ1) is 24.6. The molecule has 0 saturated carbocycles. The second-order valence-corrected chi connectivity index (χ2v) is 12.4. The molecule has 4 nitrogen and oxygen atoms in total. The minimum absolute atomic E-state index is 0.596. The standard InChI is InChI=1S/C40H23N3OS/c1-2-10-25(11-3-1)39-41-37(36-30-14-5-8-16-33(30)44-40(36)42-39)24-18-20-26(21-19-24)43-31-15-7-4-13-29(31)35-32(43)23-22-28-27-12-6-9-17-34(27)45-38(28)35/h1-23H. The highest BCUT2D eigenvalue weighted by atomic mass is 32.1. The van der Waals surface area contributed by atoms with E-state index in [0.29, 0.717) is 11.5 Å². The Morgan fingerprint density at radius 2 is 1.24 bits per heavy atom. The number of furan rings is 1. The van der Waals surface area contributed by atoms with Crippen LogP contribution < -0.4 is 0 Å². The number of benzene rings is 6. The maximum atomic E-state index is 6.26. The monoisotopic (exact) mass is 593 g/mol. The van der Waals surface area contributed by atoms with Gasteiger partial charge >= 0.3 is 0 Å². The van der Waals surface area contributed by atoms with E-state index < -0.39 is 0 Å². The predicted octanol–water partition coefficient (Wildman–Crippen LogP) is 11.2. The van der Waals surface area contributed by atoms with Gasteiger partial charge in [-0.05, 0) is 36.4 Å². The molecule has 0 unspecified atom stereocenters. The Labute approximate surface area is 261 Å². The van der Waals surface area contributed by atoms with Gasteiger partial charge in [0.15, 0.2) is 5.82 Å². The van der Waals surface area contributed by atoms with Crippen molar-refractivity contribution in [3.8, 4) is 28.3 Å². The van der Waals surface area contributed by atoms with Crippen LogP contribution in [0.4, 0.5) is 0 Å². The van der Waals surface area contributed by atoms with Crippen molar-refractivity contribution in [1.82, 2.24) is 14.5 Å². The molecule has 0 fully saturated rings. The summed E-state index contributed by atoms with van der Waals surface area (Å²) in [6, 6.07) is 48.9. The molecule has 45 heavy (non-hydrogen) atoms. The van der Waals surface area contributed by atoms with Crippen molar-refractivity contribution >= 4 is 75.4 Å². The summed E-state index contributed by atoms with van der Waals surface area (Å²) in [6.07, 6.45) is 0. The summed E-state index contributed by atoms with van der Waals surface area (Å²) >= 11 is 1.88. The molecule has 10 rings (SSSR count). The Bertz CT molecular complexity index is 2750. The maximum Gasteiger partial charge on any atom is 0.231 e. The summed E-state index contributed by atoms with van der Waals surface area (Å²) in [7, 11) is 0. The molecule has 210 valence electrons. The summed E-state index contributed by atoms with van der Waals surface area (Å²) in [5.41, 5.74) is 7.75. The number of nitrogens with zero attached hydrogens (tertiary/aromatic N) is 3. The molecule has 6 aromatic carbocycles. The summed E-state index contributed by atoms with van der Waals surface area (Å²) in [4.78, 5) is 9.99. The third-order valence-corrected chi connectivity index (χ3v) is 10.1. The largest absolute Gasteiger partial charge is 0.438 e. The van der Waals surface area contributed by atoms with Crippen LogP contribution in [0.25, 0.3) is 92.4 Å². The molecule has 0 radical (unpaired) electrons. The lowest BCUT2D eigenvalue weighted by atomic mass is 10.0. The lowest BCUT2D eigenvalue weighted by molar-refractivity contribution is 0.653. The van der Waals surface area contributed by atoms with Gasteiger partial charge in [0, 0.05) is 53.1 Å². The van der Waals surface area contributed by atoms with E-state index in [2.05, 4.69) is 95.6 Å². The Kier molecular flexibility index (Phi) is 5.12. The van der Waals surface area contributed by atoms with Crippen LogP contribution in [0.15, 0.2) is 144 Å². The number of hydrogen-bond acceptors (Lipinski definition) is 4. The molecule has 0 N–H and O–H groups in total. The number of rotatable bonds is 3. The molecule has 5 heteroatoms. The van der Waals surface area contributed by atoms with Crippen molar-refractivity contribution in [1.29, 1.82) is 0 Å². The molecule has 4 heterocycles. The highest BCUT2D eigenvalue weighted by molar-refractivity contribution is 7.26. The number of thiophene rings is 1. The summed E-state index contributed by atoms with van der Waals surface area (Å²) in [5, 5.41) is 7.16. The van der Waals surface area contributed by atoms with Gasteiger partial charge in [0.25, 0.3) is 0 Å². The normalized spacial score (nSPS) is 12.0. The van der Waals surface area contributed by atoms with Gasteiger partial charge in [0.05, 0.1) is 22.1 Å². The van der Waals surface area contributed by atoms with Gasteiger partial charge in [0.1, 0.15) is 5.58 Å². The fourth-order valence-electron chi connectivity index (χ4n) is 6.83. The van der Waals surface area contributed by atoms with Crippen LogP contribution in [0.1, 0.15) is 0 Å². The van der Waals surface area contributed by atoms with Crippen LogP contribution in [-0.2, 0) is 0 Å². The topological polar surface area (TPSA) is 43.9 Å². The van der Waals surface area contributed by atoms with Crippen molar-refractivity contribution in [3.63, 3.8) is 0 Å². The highest BCUT2D eigenvalue weighted by Crippen LogP contribution is 2.43. The van der Waals surface area contributed by atoms with Gasteiger partial charge in [-0.15, -0.1) is 11.3 Å². The first-order valence-corrected chi connectivity index (χ1v) is 15.8. The zero-order valence-electron chi connectivity index (χ0n) is 23.9. The van der Waals surface area contributed by atoms with Crippen molar-refractivity contribution in [3.05, 3.63) is 140 Å². The van der Waals surface area contributed by atoms with Gasteiger partial charge in [-0.2, -0.15) is 4.98 Å². The molecule has 0 aliphatic carbocycles. The number of aromatic nitrogens is 3.